The standard InChI is InChI=1S/C37H62N2O29/c1-9(45)38-17-11(47)3-37(36(58)59,67-30(17)19(49)12(48)4-40)68-31-20(50)13(5-41)61-35(26(31)56)65-27-15(7-43)62-33(18(21(27)51)39-10(2)46)64-29-16(8-44)63-34(25(55)23(29)53)66-28-14(6-42)60-32(57)24(54)22(28)52/h11-35,40-44,47-57H,3-8H2,1-2H3,(H,38,45)(H,39,46)(H,58,59)/t11-,12+,13+,14+,15+,16+,17+,18+,19+,20-,21+,22+,23+,24+,25+,26+,27+,28+,29-,30+,31-,32+,33-,34-,35-,37-/m0/s1. The van der Waals surface area contributed by atoms with Gasteiger partial charge in [0, 0.05) is 20.3 Å². The SMILES string of the molecule is CC(=O)N[C@H]1[C@H](O[C@@H]2[C@H](O)[C@@H](O)[C@H](O[C@H]3[C@H](O)[C@@H](O)[C@H](O)O[C@@H]3CO)O[C@@H]2CO)O[C@H](CO)[C@@H](O[C@@H]2O[C@H](CO)[C@H](O)[C@H](O[C@]3(C(=O)O)C[C@H](O)[C@@H](NC(C)=O)[C@H]([C@H](O)[C@H](O)CO)O3)[C@H]2O)[C@@H]1O. The van der Waals surface area contributed by atoms with Crippen molar-refractivity contribution in [1.29, 1.82) is 0 Å². The molecule has 19 N–H and O–H groups in total. The molecule has 2 amide bonds. The molecule has 5 aliphatic heterocycles. The van der Waals surface area contributed by atoms with Crippen LogP contribution in [0.1, 0.15) is 20.3 Å². The van der Waals surface area contributed by atoms with Gasteiger partial charge >= 0.3 is 5.97 Å². The van der Waals surface area contributed by atoms with Crippen molar-refractivity contribution in [2.45, 2.75) is 179 Å². The Morgan fingerprint density at radius 2 is 1.03 bits per heavy atom. The van der Waals surface area contributed by atoms with Gasteiger partial charge in [-0.15, -0.1) is 0 Å². The third-order valence-corrected chi connectivity index (χ3v) is 12.1. The Kier molecular flexibility index (Phi) is 19.7. The summed E-state index contributed by atoms with van der Waals surface area (Å²) in [5, 5.41) is 184. The summed E-state index contributed by atoms with van der Waals surface area (Å²) in [7, 11) is 0. The molecule has 5 aliphatic rings. The van der Waals surface area contributed by atoms with Crippen LogP contribution in [-0.2, 0) is 57.0 Å². The summed E-state index contributed by atoms with van der Waals surface area (Å²) >= 11 is 0. The lowest BCUT2D eigenvalue weighted by Gasteiger charge is -2.51. The number of carbonyl (C=O) groups excluding carboxylic acids is 2. The Morgan fingerprint density at radius 1 is 0.574 bits per heavy atom. The molecule has 394 valence electrons. The topological polar surface area (TPSA) is 502 Å². The number of aliphatic hydroxyl groups excluding tert-OH is 16. The second-order valence-electron chi connectivity index (χ2n) is 16.8. The van der Waals surface area contributed by atoms with Gasteiger partial charge in [-0.2, -0.15) is 0 Å². The molecular formula is C37H62N2O29. The number of aliphatic carboxylic acids is 1. The molecule has 0 radical (unpaired) electrons. The zero-order chi connectivity index (χ0) is 50.7. The van der Waals surface area contributed by atoms with Crippen LogP contribution in [0.2, 0.25) is 0 Å². The summed E-state index contributed by atoms with van der Waals surface area (Å²) in [5.41, 5.74) is 0. The van der Waals surface area contributed by atoms with Gasteiger partial charge in [-0.05, 0) is 0 Å². The van der Waals surface area contributed by atoms with Gasteiger partial charge in [-0.1, -0.05) is 0 Å². The van der Waals surface area contributed by atoms with Gasteiger partial charge in [0.15, 0.2) is 25.2 Å². The first-order valence-corrected chi connectivity index (χ1v) is 21.2. The van der Waals surface area contributed by atoms with E-state index in [2.05, 4.69) is 10.6 Å². The van der Waals surface area contributed by atoms with E-state index in [1.54, 1.807) is 0 Å². The molecule has 31 nitrogen and oxygen atoms in total. The molecule has 68 heavy (non-hydrogen) atoms. The Balaban J connectivity index is 1.37. The average molecular weight is 999 g/mol. The first kappa shape index (κ1) is 56.3. The fourth-order valence-corrected chi connectivity index (χ4v) is 8.55. The molecule has 0 aromatic rings. The van der Waals surface area contributed by atoms with E-state index in [4.69, 9.17) is 42.6 Å². The molecule has 5 saturated heterocycles. The molecular weight excluding hydrogens is 936 g/mol. The number of hydrogen-bond donors (Lipinski definition) is 19. The fraction of sp³-hybridized carbons (Fsp3) is 0.919. The lowest BCUT2D eigenvalue weighted by Crippen LogP contribution is -2.71. The highest BCUT2D eigenvalue weighted by atomic mass is 16.8. The van der Waals surface area contributed by atoms with E-state index in [0.29, 0.717) is 0 Å². The minimum atomic E-state index is -3.16. The molecule has 26 atom stereocenters. The molecule has 31 heteroatoms. The second kappa shape index (κ2) is 23.8. The predicted molar refractivity (Wildman–Crippen MR) is 207 cm³/mol. The van der Waals surface area contributed by atoms with Crippen LogP contribution in [0.3, 0.4) is 0 Å². The maximum Gasteiger partial charge on any atom is 0.364 e. The number of nitrogens with one attached hydrogen (secondary N) is 2. The summed E-state index contributed by atoms with van der Waals surface area (Å²) in [6.45, 7) is -3.20. The van der Waals surface area contributed by atoms with Gasteiger partial charge in [0.05, 0.1) is 45.2 Å². The highest BCUT2D eigenvalue weighted by Gasteiger charge is 2.61. The van der Waals surface area contributed by atoms with Gasteiger partial charge in [0.1, 0.15) is 116 Å². The van der Waals surface area contributed by atoms with E-state index < -0.39 is 216 Å². The Hall–Kier alpha value is -2.59. The number of amides is 2. The molecule has 5 rings (SSSR count). The van der Waals surface area contributed by atoms with Crippen molar-refractivity contribution < 1.29 is 144 Å². The van der Waals surface area contributed by atoms with Crippen LogP contribution < -0.4 is 10.6 Å². The molecule has 0 aliphatic carbocycles. The summed E-state index contributed by atoms with van der Waals surface area (Å²) in [5.74, 6) is -6.89. The molecule has 0 bridgehead atoms. The molecule has 5 fully saturated rings. The lowest BCUT2D eigenvalue weighted by atomic mass is 9.88. The number of aliphatic hydroxyl groups is 16. The van der Waals surface area contributed by atoms with Crippen molar-refractivity contribution in [3.8, 4) is 0 Å². The quantitative estimate of drug-likeness (QED) is 0.0606. The second-order valence-corrected chi connectivity index (χ2v) is 16.8. The molecule has 0 spiro atoms. The molecule has 0 aromatic heterocycles. The number of carbonyl (C=O) groups is 3. The van der Waals surface area contributed by atoms with E-state index in [1.807, 2.05) is 0 Å². The fourth-order valence-electron chi connectivity index (χ4n) is 8.55. The van der Waals surface area contributed by atoms with Crippen LogP contribution in [0.25, 0.3) is 0 Å². The minimum absolute atomic E-state index is 0.809. The highest BCUT2D eigenvalue weighted by Crippen LogP contribution is 2.39. The third-order valence-electron chi connectivity index (χ3n) is 12.1. The van der Waals surface area contributed by atoms with Crippen molar-refractivity contribution in [3.05, 3.63) is 0 Å². The summed E-state index contributed by atoms with van der Waals surface area (Å²) < 4.78 is 50.5. The van der Waals surface area contributed by atoms with Crippen molar-refractivity contribution in [1.82, 2.24) is 10.6 Å². The first-order valence-electron chi connectivity index (χ1n) is 21.2. The van der Waals surface area contributed by atoms with E-state index in [0.717, 1.165) is 13.8 Å². The summed E-state index contributed by atoms with van der Waals surface area (Å²) in [4.78, 5) is 37.4. The van der Waals surface area contributed by atoms with Gasteiger partial charge in [0.2, 0.25) is 11.8 Å². The Labute approximate surface area is 384 Å². The molecule has 0 saturated carbocycles. The van der Waals surface area contributed by atoms with Gasteiger partial charge in [-0.25, -0.2) is 4.79 Å². The summed E-state index contributed by atoms with van der Waals surface area (Å²) in [6, 6.07) is -3.43. The Bertz CT molecular complexity index is 1650. The molecule has 0 unspecified atom stereocenters. The number of hydrogen-bond acceptors (Lipinski definition) is 28. The van der Waals surface area contributed by atoms with Crippen molar-refractivity contribution in [2.24, 2.45) is 0 Å². The summed E-state index contributed by atoms with van der Waals surface area (Å²) in [6.07, 6.45) is -46.7. The molecule has 5 heterocycles. The van der Waals surface area contributed by atoms with Crippen molar-refractivity contribution in [3.63, 3.8) is 0 Å². The van der Waals surface area contributed by atoms with Gasteiger partial charge < -0.3 is 140 Å². The number of rotatable bonds is 18. The first-order chi connectivity index (χ1) is 32.0. The normalized spacial score (nSPS) is 46.6. The average Bonchev–Trinajstić information content (AvgIpc) is 3.29. The van der Waals surface area contributed by atoms with E-state index in [9.17, 15) is 101 Å². The smallest absolute Gasteiger partial charge is 0.364 e. The molecule has 0 aromatic carbocycles. The van der Waals surface area contributed by atoms with Crippen LogP contribution >= 0.6 is 0 Å². The zero-order valence-electron chi connectivity index (χ0n) is 36.2. The van der Waals surface area contributed by atoms with Crippen LogP contribution in [0.4, 0.5) is 0 Å². The minimum Gasteiger partial charge on any atom is -0.477 e. The number of carboxylic acid groups (broad SMARTS) is 1. The maximum absolute atomic E-state index is 12.9. The van der Waals surface area contributed by atoms with Crippen molar-refractivity contribution in [2.75, 3.05) is 33.0 Å². The number of carboxylic acids is 1. The lowest BCUT2D eigenvalue weighted by molar-refractivity contribution is -0.389. The van der Waals surface area contributed by atoms with Crippen LogP contribution in [0.15, 0.2) is 0 Å². The Morgan fingerprint density at radius 3 is 1.54 bits per heavy atom. The van der Waals surface area contributed by atoms with Crippen LogP contribution in [0.5, 0.6) is 0 Å². The maximum atomic E-state index is 12.9. The van der Waals surface area contributed by atoms with Crippen LogP contribution in [-0.4, -0.2) is 297 Å². The number of ether oxygens (including phenoxy) is 9. The zero-order valence-corrected chi connectivity index (χ0v) is 36.2. The van der Waals surface area contributed by atoms with Gasteiger partial charge in [0.25, 0.3) is 5.79 Å². The van der Waals surface area contributed by atoms with E-state index >= 15 is 0 Å². The van der Waals surface area contributed by atoms with Gasteiger partial charge in [-0.3, -0.25) is 9.59 Å². The monoisotopic (exact) mass is 998 g/mol. The largest absolute Gasteiger partial charge is 0.477 e. The van der Waals surface area contributed by atoms with Crippen molar-refractivity contribution >= 4 is 17.8 Å². The predicted octanol–water partition coefficient (Wildman–Crippen LogP) is -12.4. The highest BCUT2D eigenvalue weighted by molar-refractivity contribution is 5.76. The third kappa shape index (κ3) is 11.8. The van der Waals surface area contributed by atoms with E-state index in [-0.39, 0.29) is 0 Å². The van der Waals surface area contributed by atoms with Crippen LogP contribution in [0, 0.1) is 0 Å². The van der Waals surface area contributed by atoms with E-state index in [1.165, 1.54) is 0 Å².